The van der Waals surface area contributed by atoms with E-state index in [-0.39, 0.29) is 11.2 Å². The minimum atomic E-state index is -0.446. The van der Waals surface area contributed by atoms with Gasteiger partial charge in [-0.1, -0.05) is 0 Å². The Balaban J connectivity index is 1.46. The van der Waals surface area contributed by atoms with Gasteiger partial charge in [0.2, 0.25) is 11.2 Å². The van der Waals surface area contributed by atoms with Crippen LogP contribution in [0.25, 0.3) is 11.0 Å². The molecule has 0 atom stereocenters. The van der Waals surface area contributed by atoms with Gasteiger partial charge in [-0.3, -0.25) is 14.7 Å². The van der Waals surface area contributed by atoms with E-state index in [0.29, 0.717) is 53.6 Å². The Labute approximate surface area is 195 Å². The van der Waals surface area contributed by atoms with E-state index in [1.165, 1.54) is 7.11 Å². The molecular formula is C26H22N2O6. The van der Waals surface area contributed by atoms with Crippen molar-refractivity contribution in [3.05, 3.63) is 93.6 Å². The number of nitrogens with zero attached hydrogens (tertiary/aromatic N) is 2. The molecule has 1 aliphatic heterocycles. The second-order valence-corrected chi connectivity index (χ2v) is 7.97. The summed E-state index contributed by atoms with van der Waals surface area (Å²) in [7, 11) is 1.32. The zero-order valence-corrected chi connectivity index (χ0v) is 18.7. The number of esters is 1. The summed E-state index contributed by atoms with van der Waals surface area (Å²) in [5.41, 5.74) is 2.55. The number of benzene rings is 2. The van der Waals surface area contributed by atoms with Gasteiger partial charge in [0.05, 0.1) is 23.6 Å². The molecule has 0 radical (unpaired) electrons. The summed E-state index contributed by atoms with van der Waals surface area (Å²) < 4.78 is 22.6. The Kier molecular flexibility index (Phi) is 5.73. The highest BCUT2D eigenvalue weighted by atomic mass is 16.5. The number of carbonyl (C=O) groups excluding carboxylic acids is 1. The molecule has 0 saturated heterocycles. The molecule has 1 aliphatic rings. The highest BCUT2D eigenvalue weighted by Crippen LogP contribution is 2.34. The molecule has 0 bridgehead atoms. The molecule has 4 aromatic rings. The van der Waals surface area contributed by atoms with Gasteiger partial charge in [0.1, 0.15) is 29.6 Å². The molecule has 172 valence electrons. The molecule has 5 rings (SSSR count). The molecule has 2 aromatic carbocycles. The zero-order chi connectivity index (χ0) is 23.7. The average Bonchev–Trinajstić information content (AvgIpc) is 2.87. The summed E-state index contributed by atoms with van der Waals surface area (Å²) in [6.07, 6.45) is 3.52. The fourth-order valence-electron chi connectivity index (χ4n) is 3.96. The molecule has 0 spiro atoms. The Bertz CT molecular complexity index is 1410. The quantitative estimate of drug-likeness (QED) is 0.406. The van der Waals surface area contributed by atoms with E-state index in [0.717, 1.165) is 11.1 Å². The van der Waals surface area contributed by atoms with E-state index in [1.807, 2.05) is 12.1 Å². The maximum atomic E-state index is 13.3. The van der Waals surface area contributed by atoms with Crippen molar-refractivity contribution in [2.75, 3.05) is 13.8 Å². The van der Waals surface area contributed by atoms with Gasteiger partial charge in [-0.25, -0.2) is 4.79 Å². The summed E-state index contributed by atoms with van der Waals surface area (Å²) >= 11 is 0. The van der Waals surface area contributed by atoms with Gasteiger partial charge in [-0.2, -0.15) is 0 Å². The molecule has 0 saturated carbocycles. The predicted octanol–water partition coefficient (Wildman–Crippen LogP) is 4.43. The Morgan fingerprint density at radius 3 is 2.59 bits per heavy atom. The number of rotatable bonds is 5. The summed E-state index contributed by atoms with van der Waals surface area (Å²) in [4.78, 5) is 31.1. The lowest BCUT2D eigenvalue weighted by Gasteiger charge is -2.29. The number of pyridine rings is 1. The molecule has 0 unspecified atom stereocenters. The van der Waals surface area contributed by atoms with Crippen molar-refractivity contribution in [1.82, 2.24) is 9.88 Å². The Hall–Kier alpha value is -4.17. The molecule has 34 heavy (non-hydrogen) atoms. The van der Waals surface area contributed by atoms with Crippen molar-refractivity contribution in [3.8, 4) is 17.2 Å². The average molecular weight is 458 g/mol. The second-order valence-electron chi connectivity index (χ2n) is 7.97. The van der Waals surface area contributed by atoms with Crippen LogP contribution in [0.3, 0.4) is 0 Å². The van der Waals surface area contributed by atoms with Crippen LogP contribution in [0.15, 0.2) is 70.1 Å². The minimum absolute atomic E-state index is 0.101. The molecule has 3 heterocycles. The smallest absolute Gasteiger partial charge is 0.337 e. The van der Waals surface area contributed by atoms with Gasteiger partial charge < -0.3 is 18.6 Å². The van der Waals surface area contributed by atoms with Gasteiger partial charge in [0, 0.05) is 25.5 Å². The maximum Gasteiger partial charge on any atom is 0.337 e. The molecular weight excluding hydrogens is 436 g/mol. The van der Waals surface area contributed by atoms with Crippen molar-refractivity contribution < 1.29 is 23.4 Å². The summed E-state index contributed by atoms with van der Waals surface area (Å²) in [6.45, 7) is 3.39. The third-order valence-electron chi connectivity index (χ3n) is 5.68. The van der Waals surface area contributed by atoms with Crippen LogP contribution >= 0.6 is 0 Å². The standard InChI is InChI=1S/C26H22N2O6/c1-16-24(34-19-5-3-18(4-6-19)26(30)31-2)23(29)20-7-8-22-21(25(20)33-16)14-28(15-32-22)13-17-9-11-27-12-10-17/h3-12H,13-15H2,1-2H3. The van der Waals surface area contributed by atoms with Gasteiger partial charge in [0.15, 0.2) is 0 Å². The monoisotopic (exact) mass is 458 g/mol. The van der Waals surface area contributed by atoms with Crippen molar-refractivity contribution in [2.45, 2.75) is 20.0 Å². The molecule has 8 nitrogen and oxygen atoms in total. The summed E-state index contributed by atoms with van der Waals surface area (Å²) in [6, 6.07) is 13.8. The minimum Gasteiger partial charge on any atom is -0.478 e. The number of methoxy groups -OCH3 is 1. The van der Waals surface area contributed by atoms with Gasteiger partial charge in [-0.05, 0) is 61.0 Å². The summed E-state index contributed by atoms with van der Waals surface area (Å²) in [5.74, 6) is 1.12. The zero-order valence-electron chi connectivity index (χ0n) is 18.7. The topological polar surface area (TPSA) is 91.1 Å². The van der Waals surface area contributed by atoms with Crippen LogP contribution in [0.4, 0.5) is 0 Å². The van der Waals surface area contributed by atoms with E-state index >= 15 is 0 Å². The first-order valence-corrected chi connectivity index (χ1v) is 10.7. The highest BCUT2D eigenvalue weighted by Gasteiger charge is 2.24. The molecule has 0 amide bonds. The second kappa shape index (κ2) is 8.99. The van der Waals surface area contributed by atoms with Crippen LogP contribution in [0.2, 0.25) is 0 Å². The number of aryl methyl sites for hydroxylation is 1. The first kappa shape index (κ1) is 21.7. The van der Waals surface area contributed by atoms with Crippen LogP contribution in [0.1, 0.15) is 27.2 Å². The van der Waals surface area contributed by atoms with Crippen LogP contribution in [-0.2, 0) is 17.8 Å². The van der Waals surface area contributed by atoms with Crippen LogP contribution in [0.5, 0.6) is 17.2 Å². The fraction of sp³-hybridized carbons (Fsp3) is 0.192. The van der Waals surface area contributed by atoms with Crippen LogP contribution in [-0.4, -0.2) is 29.7 Å². The SMILES string of the molecule is COC(=O)c1ccc(Oc2c(C)oc3c4c(ccc3c2=O)OCN(Cc2ccncc2)C4)cc1. The van der Waals surface area contributed by atoms with E-state index in [4.69, 9.17) is 18.6 Å². The van der Waals surface area contributed by atoms with Gasteiger partial charge >= 0.3 is 5.97 Å². The summed E-state index contributed by atoms with van der Waals surface area (Å²) in [5, 5.41) is 0.417. The lowest BCUT2D eigenvalue weighted by atomic mass is 10.1. The highest BCUT2D eigenvalue weighted by molar-refractivity contribution is 5.89. The van der Waals surface area contributed by atoms with Gasteiger partial charge in [0.25, 0.3) is 0 Å². The molecule has 8 heteroatoms. The van der Waals surface area contributed by atoms with Crippen LogP contribution in [0, 0.1) is 6.92 Å². The van der Waals surface area contributed by atoms with Crippen molar-refractivity contribution in [1.29, 1.82) is 0 Å². The molecule has 0 N–H and O–H groups in total. The first-order chi connectivity index (χ1) is 16.5. The van der Waals surface area contributed by atoms with Crippen molar-refractivity contribution in [3.63, 3.8) is 0 Å². The Morgan fingerprint density at radius 2 is 1.85 bits per heavy atom. The van der Waals surface area contributed by atoms with Crippen molar-refractivity contribution >= 4 is 16.9 Å². The van der Waals surface area contributed by atoms with E-state index in [1.54, 1.807) is 55.7 Å². The first-order valence-electron chi connectivity index (χ1n) is 10.7. The number of hydrogen-bond acceptors (Lipinski definition) is 8. The lowest BCUT2D eigenvalue weighted by molar-refractivity contribution is 0.0600. The lowest BCUT2D eigenvalue weighted by Crippen LogP contribution is -2.31. The fourth-order valence-corrected chi connectivity index (χ4v) is 3.96. The molecule has 2 aromatic heterocycles. The third kappa shape index (κ3) is 4.11. The largest absolute Gasteiger partial charge is 0.478 e. The van der Waals surface area contributed by atoms with Gasteiger partial charge in [-0.15, -0.1) is 0 Å². The third-order valence-corrected chi connectivity index (χ3v) is 5.68. The number of carbonyl (C=O) groups is 1. The number of fused-ring (bicyclic) bond motifs is 3. The van der Waals surface area contributed by atoms with E-state index in [2.05, 4.69) is 9.88 Å². The number of hydrogen-bond donors (Lipinski definition) is 0. The normalized spacial score (nSPS) is 13.2. The van der Waals surface area contributed by atoms with E-state index < -0.39 is 5.97 Å². The Morgan fingerprint density at radius 1 is 1.09 bits per heavy atom. The van der Waals surface area contributed by atoms with E-state index in [9.17, 15) is 9.59 Å². The molecule has 0 aliphatic carbocycles. The van der Waals surface area contributed by atoms with Crippen molar-refractivity contribution in [2.24, 2.45) is 0 Å². The maximum absolute atomic E-state index is 13.3. The number of ether oxygens (including phenoxy) is 3. The number of aromatic nitrogens is 1. The van der Waals surface area contributed by atoms with Crippen LogP contribution < -0.4 is 14.9 Å². The molecule has 0 fully saturated rings. The predicted molar refractivity (Wildman–Crippen MR) is 124 cm³/mol.